The molecule has 0 saturated heterocycles. The molecule has 2 aromatic rings. The lowest BCUT2D eigenvalue weighted by Gasteiger charge is -2.10. The van der Waals surface area contributed by atoms with Crippen molar-refractivity contribution in [2.45, 2.75) is 0 Å². The van der Waals surface area contributed by atoms with Gasteiger partial charge in [0.1, 0.15) is 16.5 Å². The first-order valence-electron chi connectivity index (χ1n) is 5.65. The second-order valence-electron chi connectivity index (χ2n) is 3.97. The van der Waals surface area contributed by atoms with E-state index in [0.717, 1.165) is 10.0 Å². The lowest BCUT2D eigenvalue weighted by Crippen LogP contribution is -2.12. The maximum atomic E-state index is 11.3. The van der Waals surface area contributed by atoms with Gasteiger partial charge in [0.15, 0.2) is 0 Å². The van der Waals surface area contributed by atoms with Crippen LogP contribution in [0.25, 0.3) is 0 Å². The molecule has 6 heteroatoms. The number of carbonyl (C=O) groups is 1. The number of hydrogen-bond acceptors (Lipinski definition) is 3. The molecule has 0 unspecified atom stereocenters. The molecule has 1 amide bonds. The Hall–Kier alpha value is -1.92. The van der Waals surface area contributed by atoms with Crippen molar-refractivity contribution in [3.63, 3.8) is 0 Å². The van der Waals surface area contributed by atoms with E-state index in [2.05, 4.69) is 15.9 Å². The summed E-state index contributed by atoms with van der Waals surface area (Å²) < 4.78 is 6.39. The summed E-state index contributed by atoms with van der Waals surface area (Å²) in [6.45, 7) is 0. The average molecular weight is 351 g/mol. The van der Waals surface area contributed by atoms with Crippen molar-refractivity contribution in [2.75, 3.05) is 0 Å². The molecule has 0 saturated carbocycles. The SMILES string of the molecule is NC(=O)c1ccccc1Oc1ccc(C(N)=S)c(Br)c1. The van der Waals surface area contributed by atoms with Gasteiger partial charge in [-0.1, -0.05) is 24.4 Å². The first kappa shape index (κ1) is 14.5. The zero-order chi connectivity index (χ0) is 14.7. The standard InChI is InChI=1S/C14H11BrN2O2S/c15-11-7-8(5-6-9(11)14(17)20)19-12-4-2-1-3-10(12)13(16)18/h1-7H,(H2,16,18)(H2,17,20). The van der Waals surface area contributed by atoms with Gasteiger partial charge in [-0.05, 0) is 46.3 Å². The predicted molar refractivity (Wildman–Crippen MR) is 85.1 cm³/mol. The highest BCUT2D eigenvalue weighted by Gasteiger charge is 2.10. The normalized spacial score (nSPS) is 10.1. The summed E-state index contributed by atoms with van der Waals surface area (Å²) >= 11 is 8.29. The molecule has 0 atom stereocenters. The van der Waals surface area contributed by atoms with Crippen LogP contribution in [0.3, 0.4) is 0 Å². The molecule has 0 spiro atoms. The van der Waals surface area contributed by atoms with Gasteiger partial charge in [0.05, 0.1) is 5.56 Å². The summed E-state index contributed by atoms with van der Waals surface area (Å²) in [6, 6.07) is 12.0. The van der Waals surface area contributed by atoms with Crippen LogP contribution in [0.5, 0.6) is 11.5 Å². The van der Waals surface area contributed by atoms with Crippen LogP contribution in [0, 0.1) is 0 Å². The molecule has 0 aromatic heterocycles. The Morgan fingerprint density at radius 3 is 2.40 bits per heavy atom. The molecule has 4 N–H and O–H groups in total. The summed E-state index contributed by atoms with van der Waals surface area (Å²) in [5.74, 6) is 0.403. The summed E-state index contributed by atoms with van der Waals surface area (Å²) in [4.78, 5) is 11.6. The highest BCUT2D eigenvalue weighted by molar-refractivity contribution is 9.10. The number of primary amides is 1. The van der Waals surface area contributed by atoms with Crippen LogP contribution in [0.4, 0.5) is 0 Å². The van der Waals surface area contributed by atoms with Crippen molar-refractivity contribution in [1.29, 1.82) is 0 Å². The van der Waals surface area contributed by atoms with Gasteiger partial charge < -0.3 is 16.2 Å². The zero-order valence-electron chi connectivity index (χ0n) is 10.3. The molecule has 0 radical (unpaired) electrons. The molecule has 0 fully saturated rings. The second-order valence-corrected chi connectivity index (χ2v) is 5.26. The molecule has 0 aliphatic rings. The minimum atomic E-state index is -0.542. The van der Waals surface area contributed by atoms with Crippen molar-refractivity contribution in [3.05, 3.63) is 58.1 Å². The van der Waals surface area contributed by atoms with E-state index >= 15 is 0 Å². The van der Waals surface area contributed by atoms with E-state index < -0.39 is 5.91 Å². The van der Waals surface area contributed by atoms with Gasteiger partial charge in [0, 0.05) is 10.0 Å². The molecule has 2 rings (SSSR count). The molecule has 20 heavy (non-hydrogen) atoms. The van der Waals surface area contributed by atoms with E-state index in [0.29, 0.717) is 22.1 Å². The Kier molecular flexibility index (Phi) is 4.36. The van der Waals surface area contributed by atoms with E-state index in [4.69, 9.17) is 28.4 Å². The quantitative estimate of drug-likeness (QED) is 0.830. The number of thiocarbonyl (C=S) groups is 1. The van der Waals surface area contributed by atoms with Gasteiger partial charge in [0.2, 0.25) is 0 Å². The third-order valence-electron chi connectivity index (χ3n) is 2.59. The number of benzene rings is 2. The lowest BCUT2D eigenvalue weighted by atomic mass is 10.2. The Bertz CT molecular complexity index is 689. The van der Waals surface area contributed by atoms with E-state index in [1.807, 2.05) is 0 Å². The topological polar surface area (TPSA) is 78.3 Å². The molecular formula is C14H11BrN2O2S. The van der Waals surface area contributed by atoms with Gasteiger partial charge in [-0.2, -0.15) is 0 Å². The fraction of sp³-hybridized carbons (Fsp3) is 0. The van der Waals surface area contributed by atoms with Gasteiger partial charge in [-0.25, -0.2) is 0 Å². The van der Waals surface area contributed by atoms with Crippen LogP contribution < -0.4 is 16.2 Å². The van der Waals surface area contributed by atoms with Crippen molar-refractivity contribution < 1.29 is 9.53 Å². The Balaban J connectivity index is 2.34. The largest absolute Gasteiger partial charge is 0.456 e. The third kappa shape index (κ3) is 3.15. The van der Waals surface area contributed by atoms with Gasteiger partial charge in [-0.15, -0.1) is 0 Å². The highest BCUT2D eigenvalue weighted by atomic mass is 79.9. The van der Waals surface area contributed by atoms with Gasteiger partial charge in [0.25, 0.3) is 5.91 Å². The van der Waals surface area contributed by atoms with Gasteiger partial charge >= 0.3 is 0 Å². The molecule has 0 heterocycles. The van der Waals surface area contributed by atoms with E-state index in [9.17, 15) is 4.79 Å². The van der Waals surface area contributed by atoms with Crippen molar-refractivity contribution in [2.24, 2.45) is 11.5 Å². The van der Waals surface area contributed by atoms with Crippen LogP contribution in [-0.2, 0) is 0 Å². The number of amides is 1. The number of carbonyl (C=O) groups excluding carboxylic acids is 1. The third-order valence-corrected chi connectivity index (χ3v) is 3.46. The predicted octanol–water partition coefficient (Wildman–Crippen LogP) is 2.97. The Labute approximate surface area is 129 Å². The van der Waals surface area contributed by atoms with Crippen LogP contribution in [-0.4, -0.2) is 10.9 Å². The summed E-state index contributed by atoms with van der Waals surface area (Å²) in [6.07, 6.45) is 0. The number of rotatable bonds is 4. The van der Waals surface area contributed by atoms with E-state index in [1.54, 1.807) is 42.5 Å². The number of nitrogens with two attached hydrogens (primary N) is 2. The monoisotopic (exact) mass is 350 g/mol. The van der Waals surface area contributed by atoms with Crippen molar-refractivity contribution in [1.82, 2.24) is 0 Å². The van der Waals surface area contributed by atoms with Crippen molar-refractivity contribution >= 4 is 39.0 Å². The van der Waals surface area contributed by atoms with E-state index in [-0.39, 0.29) is 0 Å². The number of halogens is 1. The van der Waals surface area contributed by atoms with Crippen LogP contribution in [0.15, 0.2) is 46.9 Å². The van der Waals surface area contributed by atoms with Crippen LogP contribution in [0.2, 0.25) is 0 Å². The van der Waals surface area contributed by atoms with Gasteiger partial charge in [-0.3, -0.25) is 4.79 Å². The molecule has 0 aliphatic heterocycles. The summed E-state index contributed by atoms with van der Waals surface area (Å²) in [7, 11) is 0. The van der Waals surface area contributed by atoms with Crippen LogP contribution in [0.1, 0.15) is 15.9 Å². The number of hydrogen-bond donors (Lipinski definition) is 2. The average Bonchev–Trinajstić information content (AvgIpc) is 2.38. The minimum absolute atomic E-state index is 0.293. The fourth-order valence-corrected chi connectivity index (χ4v) is 2.53. The Morgan fingerprint density at radius 2 is 1.80 bits per heavy atom. The molecule has 4 nitrogen and oxygen atoms in total. The number of para-hydroxylation sites is 1. The molecular weight excluding hydrogens is 340 g/mol. The van der Waals surface area contributed by atoms with Crippen molar-refractivity contribution in [3.8, 4) is 11.5 Å². The van der Waals surface area contributed by atoms with Crippen LogP contribution >= 0.6 is 28.1 Å². The highest BCUT2D eigenvalue weighted by Crippen LogP contribution is 2.29. The first-order chi connectivity index (χ1) is 9.49. The second kappa shape index (κ2) is 6.02. The molecule has 2 aromatic carbocycles. The first-order valence-corrected chi connectivity index (χ1v) is 6.85. The molecule has 0 aliphatic carbocycles. The number of ether oxygens (including phenoxy) is 1. The summed E-state index contributed by atoms with van der Waals surface area (Å²) in [5, 5.41) is 0. The molecule has 102 valence electrons. The maximum absolute atomic E-state index is 11.3. The Morgan fingerprint density at radius 1 is 1.10 bits per heavy atom. The zero-order valence-corrected chi connectivity index (χ0v) is 12.7. The maximum Gasteiger partial charge on any atom is 0.252 e. The summed E-state index contributed by atoms with van der Waals surface area (Å²) in [5.41, 5.74) is 11.9. The minimum Gasteiger partial charge on any atom is -0.456 e. The smallest absolute Gasteiger partial charge is 0.252 e. The lowest BCUT2D eigenvalue weighted by molar-refractivity contribution is 0.0998. The molecule has 0 bridgehead atoms. The fourth-order valence-electron chi connectivity index (χ4n) is 1.65. The van der Waals surface area contributed by atoms with E-state index in [1.165, 1.54) is 0 Å².